The summed E-state index contributed by atoms with van der Waals surface area (Å²) in [7, 11) is 0. The lowest BCUT2D eigenvalue weighted by atomic mass is 9.91. The van der Waals surface area contributed by atoms with Gasteiger partial charge in [0.05, 0.1) is 5.56 Å². The molecule has 19 heavy (non-hydrogen) atoms. The zero-order valence-electron chi connectivity index (χ0n) is 11.2. The number of benzene rings is 1. The third-order valence-corrected chi connectivity index (χ3v) is 4.85. The number of carbonyl (C=O) groups is 1. The Kier molecular flexibility index (Phi) is 2.35. The van der Waals surface area contributed by atoms with Crippen LogP contribution >= 0.6 is 0 Å². The molecule has 0 N–H and O–H groups in total. The van der Waals surface area contributed by atoms with Crippen molar-refractivity contribution in [2.24, 2.45) is 17.8 Å². The van der Waals surface area contributed by atoms with Crippen LogP contribution in [-0.2, 0) is 6.42 Å². The molecule has 2 aliphatic rings. The van der Waals surface area contributed by atoms with Gasteiger partial charge in [0.2, 0.25) is 0 Å². The fourth-order valence-electron chi connectivity index (χ4n) is 3.75. The van der Waals surface area contributed by atoms with Crippen LogP contribution < -0.4 is 0 Å². The Bertz CT molecular complexity index is 642. The number of carbonyl (C=O) groups excluding carboxylic acids is 1. The fourth-order valence-corrected chi connectivity index (χ4v) is 3.75. The largest absolute Gasteiger partial charge is 0.460 e. The first-order chi connectivity index (χ1) is 9.28. The first-order valence-electron chi connectivity index (χ1n) is 7.32. The second-order valence-electron chi connectivity index (χ2n) is 6.04. The average Bonchev–Trinajstić information content (AvgIpc) is 2.90. The summed E-state index contributed by atoms with van der Waals surface area (Å²) in [6.45, 7) is 2.06. The van der Waals surface area contributed by atoms with Crippen LogP contribution in [0.3, 0.4) is 0 Å². The SMILES string of the molecule is CCc1oc2ccccc2c1C(=O)C1CC2CC2C1. The summed E-state index contributed by atoms with van der Waals surface area (Å²) in [5.41, 5.74) is 1.72. The van der Waals surface area contributed by atoms with Gasteiger partial charge < -0.3 is 4.42 Å². The van der Waals surface area contributed by atoms with E-state index < -0.39 is 0 Å². The highest BCUT2D eigenvalue weighted by atomic mass is 16.3. The average molecular weight is 254 g/mol. The molecule has 98 valence electrons. The number of rotatable bonds is 3. The molecule has 2 aromatic rings. The van der Waals surface area contributed by atoms with E-state index in [-0.39, 0.29) is 5.92 Å². The van der Waals surface area contributed by atoms with Gasteiger partial charge in [-0.15, -0.1) is 0 Å². The molecule has 0 saturated heterocycles. The van der Waals surface area contributed by atoms with E-state index in [4.69, 9.17) is 4.42 Å². The molecule has 1 aromatic heterocycles. The van der Waals surface area contributed by atoms with Gasteiger partial charge in [-0.05, 0) is 37.2 Å². The van der Waals surface area contributed by atoms with Crippen molar-refractivity contribution >= 4 is 16.8 Å². The van der Waals surface area contributed by atoms with E-state index in [0.29, 0.717) is 5.78 Å². The molecule has 0 bridgehead atoms. The Hall–Kier alpha value is -1.57. The summed E-state index contributed by atoms with van der Waals surface area (Å²) in [6.07, 6.45) is 4.35. The molecule has 2 saturated carbocycles. The summed E-state index contributed by atoms with van der Waals surface area (Å²) < 4.78 is 5.85. The molecule has 0 aliphatic heterocycles. The maximum Gasteiger partial charge on any atom is 0.170 e. The maximum atomic E-state index is 12.8. The van der Waals surface area contributed by atoms with E-state index in [1.54, 1.807) is 0 Å². The standard InChI is InChI=1S/C17H18O2/c1-2-14-16(13-5-3-4-6-15(13)19-14)17(18)12-8-10-7-11(10)9-12/h3-6,10-12H,2,7-9H2,1H3. The van der Waals surface area contributed by atoms with Gasteiger partial charge in [-0.3, -0.25) is 4.79 Å². The number of aryl methyl sites for hydroxylation is 1. The van der Waals surface area contributed by atoms with E-state index in [0.717, 1.165) is 53.4 Å². The normalized spacial score (nSPS) is 28.6. The number of Topliss-reactive ketones (excluding diaryl/α,β-unsaturated/α-hetero) is 1. The lowest BCUT2D eigenvalue weighted by Crippen LogP contribution is -2.14. The van der Waals surface area contributed by atoms with Gasteiger partial charge >= 0.3 is 0 Å². The van der Waals surface area contributed by atoms with Crippen molar-refractivity contribution in [2.75, 3.05) is 0 Å². The van der Waals surface area contributed by atoms with Crippen LogP contribution in [0.5, 0.6) is 0 Å². The molecule has 2 fully saturated rings. The second-order valence-corrected chi connectivity index (χ2v) is 6.04. The van der Waals surface area contributed by atoms with Crippen LogP contribution in [0.2, 0.25) is 0 Å². The zero-order chi connectivity index (χ0) is 13.0. The molecule has 2 heteroatoms. The molecule has 2 atom stereocenters. The summed E-state index contributed by atoms with van der Waals surface area (Å²) in [5, 5.41) is 1.00. The van der Waals surface area contributed by atoms with E-state index in [9.17, 15) is 4.79 Å². The molecular weight excluding hydrogens is 236 g/mol. The van der Waals surface area contributed by atoms with E-state index in [1.165, 1.54) is 6.42 Å². The quantitative estimate of drug-likeness (QED) is 0.767. The highest BCUT2D eigenvalue weighted by molar-refractivity contribution is 6.09. The third-order valence-electron chi connectivity index (χ3n) is 4.85. The third kappa shape index (κ3) is 1.66. The van der Waals surface area contributed by atoms with Gasteiger partial charge in [0.15, 0.2) is 5.78 Å². The Morgan fingerprint density at radius 1 is 1.21 bits per heavy atom. The summed E-state index contributed by atoms with van der Waals surface area (Å²) in [4.78, 5) is 12.8. The molecule has 0 radical (unpaired) electrons. The summed E-state index contributed by atoms with van der Waals surface area (Å²) >= 11 is 0. The van der Waals surface area contributed by atoms with Gasteiger partial charge in [0.1, 0.15) is 11.3 Å². The fraction of sp³-hybridized carbons (Fsp3) is 0.471. The molecule has 1 heterocycles. The Labute approximate surface area is 112 Å². The highest BCUT2D eigenvalue weighted by Gasteiger charge is 2.48. The van der Waals surface area contributed by atoms with Crippen LogP contribution in [-0.4, -0.2) is 5.78 Å². The maximum absolute atomic E-state index is 12.8. The van der Waals surface area contributed by atoms with Gasteiger partial charge in [0.25, 0.3) is 0 Å². The Morgan fingerprint density at radius 2 is 1.95 bits per heavy atom. The summed E-state index contributed by atoms with van der Waals surface area (Å²) in [6, 6.07) is 7.92. The second kappa shape index (κ2) is 3.96. The molecule has 0 amide bonds. The van der Waals surface area contributed by atoms with E-state index in [1.807, 2.05) is 24.3 Å². The molecule has 2 nitrogen and oxygen atoms in total. The molecule has 1 aromatic carbocycles. The van der Waals surface area contributed by atoms with Crippen molar-refractivity contribution in [1.82, 2.24) is 0 Å². The van der Waals surface area contributed by atoms with Crippen molar-refractivity contribution in [2.45, 2.75) is 32.6 Å². The number of hydrogen-bond acceptors (Lipinski definition) is 2. The molecule has 2 unspecified atom stereocenters. The lowest BCUT2D eigenvalue weighted by molar-refractivity contribution is 0.0914. The number of hydrogen-bond donors (Lipinski definition) is 0. The molecular formula is C17H18O2. The van der Waals surface area contributed by atoms with Gasteiger partial charge in [-0.25, -0.2) is 0 Å². The lowest BCUT2D eigenvalue weighted by Gasteiger charge is -2.10. The van der Waals surface area contributed by atoms with Crippen molar-refractivity contribution in [1.29, 1.82) is 0 Å². The van der Waals surface area contributed by atoms with Gasteiger partial charge in [-0.2, -0.15) is 0 Å². The Morgan fingerprint density at radius 3 is 2.68 bits per heavy atom. The number of para-hydroxylation sites is 1. The first kappa shape index (κ1) is 11.3. The monoisotopic (exact) mass is 254 g/mol. The van der Waals surface area contributed by atoms with Gasteiger partial charge in [0, 0.05) is 17.7 Å². The Balaban J connectivity index is 1.78. The number of ketones is 1. The number of furan rings is 1. The minimum Gasteiger partial charge on any atom is -0.460 e. The van der Waals surface area contributed by atoms with Crippen LogP contribution in [0.15, 0.2) is 28.7 Å². The van der Waals surface area contributed by atoms with Gasteiger partial charge in [-0.1, -0.05) is 25.1 Å². The van der Waals surface area contributed by atoms with Crippen LogP contribution in [0.1, 0.15) is 42.3 Å². The molecule has 2 aliphatic carbocycles. The molecule has 4 rings (SSSR count). The number of fused-ring (bicyclic) bond motifs is 2. The van der Waals surface area contributed by atoms with E-state index >= 15 is 0 Å². The van der Waals surface area contributed by atoms with Crippen molar-refractivity contribution in [3.05, 3.63) is 35.6 Å². The van der Waals surface area contributed by atoms with Crippen LogP contribution in [0.4, 0.5) is 0 Å². The molecule has 0 spiro atoms. The highest BCUT2D eigenvalue weighted by Crippen LogP contribution is 2.55. The van der Waals surface area contributed by atoms with Crippen LogP contribution in [0.25, 0.3) is 11.0 Å². The first-order valence-corrected chi connectivity index (χ1v) is 7.32. The van der Waals surface area contributed by atoms with Crippen molar-refractivity contribution in [3.63, 3.8) is 0 Å². The van der Waals surface area contributed by atoms with Crippen molar-refractivity contribution < 1.29 is 9.21 Å². The summed E-state index contributed by atoms with van der Waals surface area (Å²) in [5.74, 6) is 3.13. The minimum atomic E-state index is 0.245. The smallest absolute Gasteiger partial charge is 0.170 e. The zero-order valence-corrected chi connectivity index (χ0v) is 11.2. The predicted molar refractivity (Wildman–Crippen MR) is 74.2 cm³/mol. The predicted octanol–water partition coefficient (Wildman–Crippen LogP) is 4.22. The topological polar surface area (TPSA) is 30.2 Å². The van der Waals surface area contributed by atoms with Crippen molar-refractivity contribution in [3.8, 4) is 0 Å². The van der Waals surface area contributed by atoms with Crippen LogP contribution in [0, 0.1) is 17.8 Å². The minimum absolute atomic E-state index is 0.245. The van der Waals surface area contributed by atoms with E-state index in [2.05, 4.69) is 6.92 Å².